The van der Waals surface area contributed by atoms with Gasteiger partial charge in [0.1, 0.15) is 12.3 Å². The summed E-state index contributed by atoms with van der Waals surface area (Å²) in [7, 11) is 3.61. The first-order valence-corrected chi connectivity index (χ1v) is 7.83. The lowest BCUT2D eigenvalue weighted by atomic mass is 10.1. The molecule has 2 rings (SSSR count). The molecule has 1 amide bonds. The fourth-order valence-corrected chi connectivity index (χ4v) is 2.42. The number of carbonyl (C=O) groups excluding carboxylic acids is 2. The number of Topliss-reactive ketones (excluding diaryl/α,β-unsaturated/α-hetero) is 1. The zero-order valence-corrected chi connectivity index (χ0v) is 14.3. The third kappa shape index (κ3) is 5.21. The molecule has 0 spiro atoms. The number of carbonyl (C=O) groups is 2. The van der Waals surface area contributed by atoms with Gasteiger partial charge in [0, 0.05) is 16.8 Å². The van der Waals surface area contributed by atoms with Crippen molar-refractivity contribution in [3.63, 3.8) is 0 Å². The molecule has 2 aromatic rings. The molecule has 1 atom stereocenters. The van der Waals surface area contributed by atoms with E-state index in [0.29, 0.717) is 17.8 Å². The van der Waals surface area contributed by atoms with Gasteiger partial charge in [-0.1, -0.05) is 0 Å². The monoisotopic (exact) mass is 327 g/mol. The van der Waals surface area contributed by atoms with E-state index in [0.717, 1.165) is 22.8 Å². The summed E-state index contributed by atoms with van der Waals surface area (Å²) in [5.41, 5.74) is 2.48. The lowest BCUT2D eigenvalue weighted by Gasteiger charge is -2.14. The number of ketones is 1. The van der Waals surface area contributed by atoms with Gasteiger partial charge in [0.2, 0.25) is 0 Å². The molecule has 24 heavy (non-hydrogen) atoms. The normalized spacial score (nSPS) is 11.6. The summed E-state index contributed by atoms with van der Waals surface area (Å²) in [5, 5.41) is 2.85. The highest BCUT2D eigenvalue weighted by molar-refractivity contribution is 5.95. The molecule has 2 aromatic carbocycles. The van der Waals surface area contributed by atoms with Gasteiger partial charge in [0.25, 0.3) is 5.91 Å². The predicted molar refractivity (Wildman–Crippen MR) is 93.5 cm³/mol. The fourth-order valence-electron chi connectivity index (χ4n) is 2.42. The van der Waals surface area contributed by atoms with Gasteiger partial charge >= 0.3 is 0 Å². The lowest BCUT2D eigenvalue weighted by Crippen LogP contribution is -3.08. The number of rotatable bonds is 7. The van der Waals surface area contributed by atoms with Crippen LogP contribution in [0.2, 0.25) is 0 Å². The van der Waals surface area contributed by atoms with Gasteiger partial charge in [-0.2, -0.15) is 0 Å². The smallest absolute Gasteiger partial charge is 0.279 e. The average molecular weight is 327 g/mol. The number of nitrogens with one attached hydrogen (secondary N) is 2. The first-order valence-electron chi connectivity index (χ1n) is 7.83. The largest absolute Gasteiger partial charge is 0.497 e. The Hall–Kier alpha value is -2.66. The molecule has 126 valence electrons. The van der Waals surface area contributed by atoms with E-state index >= 15 is 0 Å². The minimum atomic E-state index is -0.0587. The van der Waals surface area contributed by atoms with E-state index in [-0.39, 0.29) is 11.7 Å². The van der Waals surface area contributed by atoms with Gasteiger partial charge in [-0.15, -0.1) is 0 Å². The quantitative estimate of drug-likeness (QED) is 0.759. The topological polar surface area (TPSA) is 59.8 Å². The van der Waals surface area contributed by atoms with E-state index in [9.17, 15) is 9.59 Å². The number of quaternary nitrogens is 1. The Morgan fingerprint density at radius 1 is 1.04 bits per heavy atom. The fraction of sp³-hybridized carbons (Fsp3) is 0.263. The van der Waals surface area contributed by atoms with E-state index in [1.54, 1.807) is 31.4 Å². The van der Waals surface area contributed by atoms with Gasteiger partial charge in [-0.3, -0.25) is 9.59 Å². The number of hydrogen-bond donors (Lipinski definition) is 2. The molecule has 1 unspecified atom stereocenters. The van der Waals surface area contributed by atoms with Crippen LogP contribution in [0, 0.1) is 0 Å². The Balaban J connectivity index is 1.85. The Kier molecular flexibility index (Phi) is 6.09. The average Bonchev–Trinajstić information content (AvgIpc) is 2.55. The second-order valence-corrected chi connectivity index (χ2v) is 5.84. The highest BCUT2D eigenvalue weighted by Crippen LogP contribution is 2.11. The molecule has 0 aliphatic heterocycles. The van der Waals surface area contributed by atoms with Gasteiger partial charge in [-0.05, 0) is 55.5 Å². The van der Waals surface area contributed by atoms with Gasteiger partial charge in [0.05, 0.1) is 14.2 Å². The molecule has 0 aromatic heterocycles. The maximum atomic E-state index is 12.1. The summed E-state index contributed by atoms with van der Waals surface area (Å²) >= 11 is 0. The number of likely N-dealkylation sites (N-methyl/N-ethyl adjacent to an activating group) is 1. The van der Waals surface area contributed by atoms with Crippen molar-refractivity contribution in [2.24, 2.45) is 0 Å². The molecule has 0 aliphatic rings. The van der Waals surface area contributed by atoms with Gasteiger partial charge in [-0.25, -0.2) is 0 Å². The minimum absolute atomic E-state index is 0.0107. The van der Waals surface area contributed by atoms with Crippen molar-refractivity contribution in [2.75, 3.05) is 26.0 Å². The van der Waals surface area contributed by atoms with E-state index in [4.69, 9.17) is 4.74 Å². The molecular weight excluding hydrogens is 304 g/mol. The van der Waals surface area contributed by atoms with Crippen LogP contribution in [0.15, 0.2) is 48.5 Å². The minimum Gasteiger partial charge on any atom is -0.497 e. The van der Waals surface area contributed by atoms with Crippen LogP contribution in [0.3, 0.4) is 0 Å². The number of anilines is 1. The molecule has 0 aliphatic carbocycles. The molecule has 2 N–H and O–H groups in total. The molecular formula is C19H23N2O3+. The Labute approximate surface area is 142 Å². The summed E-state index contributed by atoms with van der Waals surface area (Å²) in [6.45, 7) is 2.63. The van der Waals surface area contributed by atoms with E-state index in [1.807, 2.05) is 31.3 Å². The van der Waals surface area contributed by atoms with Crippen molar-refractivity contribution in [1.29, 1.82) is 0 Å². The van der Waals surface area contributed by atoms with Crippen LogP contribution in [-0.4, -0.2) is 32.4 Å². The van der Waals surface area contributed by atoms with Crippen LogP contribution in [0.25, 0.3) is 0 Å². The molecule has 5 nitrogen and oxygen atoms in total. The molecule has 5 heteroatoms. The third-order valence-corrected chi connectivity index (χ3v) is 3.70. The Morgan fingerprint density at radius 3 is 2.21 bits per heavy atom. The van der Waals surface area contributed by atoms with Crippen molar-refractivity contribution >= 4 is 17.4 Å². The number of hydrogen-bond acceptors (Lipinski definition) is 3. The van der Waals surface area contributed by atoms with Crippen molar-refractivity contribution in [3.05, 3.63) is 59.7 Å². The van der Waals surface area contributed by atoms with Crippen LogP contribution in [0.5, 0.6) is 5.75 Å². The standard InChI is InChI=1S/C19H22N2O3/c1-14(22)16-6-8-17(9-7-16)20-19(23)13-21(2)12-15-4-10-18(24-3)11-5-15/h4-11H,12-13H2,1-3H3,(H,20,23)/p+1. The third-order valence-electron chi connectivity index (χ3n) is 3.70. The van der Waals surface area contributed by atoms with Crippen molar-refractivity contribution in [3.8, 4) is 5.75 Å². The highest BCUT2D eigenvalue weighted by atomic mass is 16.5. The number of ether oxygens (including phenoxy) is 1. The summed E-state index contributed by atoms with van der Waals surface area (Å²) in [6.07, 6.45) is 0. The Bertz CT molecular complexity index is 694. The van der Waals surface area contributed by atoms with Crippen LogP contribution >= 0.6 is 0 Å². The maximum Gasteiger partial charge on any atom is 0.279 e. The molecule has 0 fully saturated rings. The maximum absolute atomic E-state index is 12.1. The van der Waals surface area contributed by atoms with Gasteiger partial charge < -0.3 is 15.0 Å². The summed E-state index contributed by atoms with van der Waals surface area (Å²) in [5.74, 6) is 0.774. The summed E-state index contributed by atoms with van der Waals surface area (Å²) in [4.78, 5) is 24.4. The second-order valence-electron chi connectivity index (χ2n) is 5.84. The van der Waals surface area contributed by atoms with Crippen LogP contribution in [-0.2, 0) is 11.3 Å². The highest BCUT2D eigenvalue weighted by Gasteiger charge is 2.11. The van der Waals surface area contributed by atoms with Crippen molar-refractivity contribution < 1.29 is 19.2 Å². The van der Waals surface area contributed by atoms with E-state index < -0.39 is 0 Å². The van der Waals surface area contributed by atoms with E-state index in [1.165, 1.54) is 6.92 Å². The Morgan fingerprint density at radius 2 is 1.67 bits per heavy atom. The molecule has 0 radical (unpaired) electrons. The number of amides is 1. The molecule has 0 bridgehead atoms. The summed E-state index contributed by atoms with van der Waals surface area (Å²) in [6, 6.07) is 14.7. The van der Waals surface area contributed by atoms with Crippen LogP contribution < -0.4 is 15.0 Å². The molecule has 0 heterocycles. The van der Waals surface area contributed by atoms with Crippen molar-refractivity contribution in [2.45, 2.75) is 13.5 Å². The predicted octanol–water partition coefficient (Wildman–Crippen LogP) is 1.55. The molecule has 0 saturated heterocycles. The SMILES string of the molecule is COc1ccc(C[NH+](C)CC(=O)Nc2ccc(C(C)=O)cc2)cc1. The first kappa shape index (κ1) is 17.7. The van der Waals surface area contributed by atoms with E-state index in [2.05, 4.69) is 5.32 Å². The second kappa shape index (κ2) is 8.26. The zero-order chi connectivity index (χ0) is 17.5. The zero-order valence-electron chi connectivity index (χ0n) is 14.3. The molecule has 0 saturated carbocycles. The number of methoxy groups -OCH3 is 1. The van der Waals surface area contributed by atoms with Crippen LogP contribution in [0.4, 0.5) is 5.69 Å². The van der Waals surface area contributed by atoms with Gasteiger partial charge in [0.15, 0.2) is 12.3 Å². The lowest BCUT2D eigenvalue weighted by molar-refractivity contribution is -0.885. The number of benzene rings is 2. The first-order chi connectivity index (χ1) is 11.5. The van der Waals surface area contributed by atoms with Crippen LogP contribution in [0.1, 0.15) is 22.8 Å². The summed E-state index contributed by atoms with van der Waals surface area (Å²) < 4.78 is 5.14. The van der Waals surface area contributed by atoms with Crippen molar-refractivity contribution in [1.82, 2.24) is 0 Å².